The summed E-state index contributed by atoms with van der Waals surface area (Å²) < 4.78 is 6.49. The van der Waals surface area contributed by atoms with Crippen LogP contribution in [0.25, 0.3) is 0 Å². The molecule has 2 aliphatic heterocycles. The van der Waals surface area contributed by atoms with Crippen molar-refractivity contribution >= 4 is 21.8 Å². The molecule has 0 unspecified atom stereocenters. The minimum absolute atomic E-state index is 0.156. The molecule has 3 heterocycles. The molecular weight excluding hydrogens is 466 g/mol. The zero-order valence-corrected chi connectivity index (χ0v) is 20.4. The fraction of sp³-hybridized carbons (Fsp3) is 0.538. The van der Waals surface area contributed by atoms with E-state index in [1.165, 1.54) is 27.9 Å². The molecule has 2 saturated heterocycles. The summed E-state index contributed by atoms with van der Waals surface area (Å²) in [5, 5.41) is 0. The number of piperazine rings is 1. The SMILES string of the molecule is Cc1ccc2c(c1)CCc1cc(Br)cnc1[C@@H]2N1CCN(C(=O)CC2CCOCC2)CC1. The predicted molar refractivity (Wildman–Crippen MR) is 129 cm³/mol. The van der Waals surface area contributed by atoms with Crippen molar-refractivity contribution in [3.8, 4) is 0 Å². The van der Waals surface area contributed by atoms with Crippen LogP contribution in [0.3, 0.4) is 0 Å². The van der Waals surface area contributed by atoms with Crippen LogP contribution in [0.5, 0.6) is 0 Å². The van der Waals surface area contributed by atoms with Crippen LogP contribution in [0.15, 0.2) is 34.9 Å². The monoisotopic (exact) mass is 497 g/mol. The molecule has 5 rings (SSSR count). The van der Waals surface area contributed by atoms with Crippen LogP contribution in [0.1, 0.15) is 53.3 Å². The molecule has 1 aromatic carbocycles. The number of fused-ring (bicyclic) bond motifs is 2. The van der Waals surface area contributed by atoms with Crippen LogP contribution >= 0.6 is 15.9 Å². The van der Waals surface area contributed by atoms with Gasteiger partial charge in [-0.3, -0.25) is 14.7 Å². The number of carbonyl (C=O) groups excluding carboxylic acids is 1. The first kappa shape index (κ1) is 22.1. The van der Waals surface area contributed by atoms with Crippen molar-refractivity contribution in [2.45, 2.75) is 45.1 Å². The average Bonchev–Trinajstić information content (AvgIpc) is 2.96. The van der Waals surface area contributed by atoms with Gasteiger partial charge in [-0.1, -0.05) is 23.8 Å². The summed E-state index contributed by atoms with van der Waals surface area (Å²) in [7, 11) is 0. The van der Waals surface area contributed by atoms with E-state index in [9.17, 15) is 4.79 Å². The number of benzene rings is 1. The lowest BCUT2D eigenvalue weighted by molar-refractivity contribution is -0.134. The van der Waals surface area contributed by atoms with Gasteiger partial charge in [0, 0.05) is 56.5 Å². The van der Waals surface area contributed by atoms with Gasteiger partial charge < -0.3 is 9.64 Å². The van der Waals surface area contributed by atoms with Gasteiger partial charge in [0.1, 0.15) is 0 Å². The molecule has 2 fully saturated rings. The molecule has 1 amide bonds. The quantitative estimate of drug-likeness (QED) is 0.633. The zero-order valence-electron chi connectivity index (χ0n) is 18.9. The average molecular weight is 498 g/mol. The van der Waals surface area contributed by atoms with E-state index in [0.717, 1.165) is 69.5 Å². The van der Waals surface area contributed by atoms with Gasteiger partial charge in [-0.15, -0.1) is 0 Å². The molecule has 6 heteroatoms. The fourth-order valence-electron chi connectivity index (χ4n) is 5.50. The summed E-state index contributed by atoms with van der Waals surface area (Å²) in [5.41, 5.74) is 6.63. The zero-order chi connectivity index (χ0) is 22.1. The molecule has 0 radical (unpaired) electrons. The van der Waals surface area contributed by atoms with Crippen molar-refractivity contribution in [2.24, 2.45) is 5.92 Å². The van der Waals surface area contributed by atoms with Crippen LogP contribution in [0, 0.1) is 12.8 Å². The number of aryl methyl sites for hydroxylation is 3. The second kappa shape index (κ2) is 9.62. The van der Waals surface area contributed by atoms with Crippen molar-refractivity contribution < 1.29 is 9.53 Å². The van der Waals surface area contributed by atoms with Crippen molar-refractivity contribution in [2.75, 3.05) is 39.4 Å². The van der Waals surface area contributed by atoms with Gasteiger partial charge in [0.15, 0.2) is 0 Å². The third-order valence-corrected chi connectivity index (χ3v) is 7.75. The van der Waals surface area contributed by atoms with Gasteiger partial charge in [0.05, 0.1) is 11.7 Å². The van der Waals surface area contributed by atoms with Crippen LogP contribution in [0.2, 0.25) is 0 Å². The Morgan fingerprint density at radius 3 is 2.62 bits per heavy atom. The second-order valence-corrected chi connectivity index (χ2v) is 10.4. The summed E-state index contributed by atoms with van der Waals surface area (Å²) in [4.78, 5) is 22.4. The Balaban J connectivity index is 1.35. The number of aromatic nitrogens is 1. The van der Waals surface area contributed by atoms with E-state index in [2.05, 4.69) is 56.9 Å². The van der Waals surface area contributed by atoms with E-state index in [-0.39, 0.29) is 6.04 Å². The molecule has 0 saturated carbocycles. The molecule has 1 aliphatic carbocycles. The fourth-order valence-corrected chi connectivity index (χ4v) is 5.88. The summed E-state index contributed by atoms with van der Waals surface area (Å²) >= 11 is 3.61. The highest BCUT2D eigenvalue weighted by Crippen LogP contribution is 2.37. The topological polar surface area (TPSA) is 45.7 Å². The highest BCUT2D eigenvalue weighted by molar-refractivity contribution is 9.10. The van der Waals surface area contributed by atoms with E-state index in [1.54, 1.807) is 0 Å². The number of pyridine rings is 1. The molecule has 170 valence electrons. The number of nitrogens with zero attached hydrogens (tertiary/aromatic N) is 3. The number of hydrogen-bond acceptors (Lipinski definition) is 4. The van der Waals surface area contributed by atoms with E-state index >= 15 is 0 Å². The Hall–Kier alpha value is -1.76. The summed E-state index contributed by atoms with van der Waals surface area (Å²) in [6.07, 6.45) is 6.69. The van der Waals surface area contributed by atoms with Gasteiger partial charge in [-0.25, -0.2) is 0 Å². The third-order valence-electron chi connectivity index (χ3n) is 7.32. The minimum atomic E-state index is 0.156. The molecule has 5 nitrogen and oxygen atoms in total. The Morgan fingerprint density at radius 2 is 1.84 bits per heavy atom. The lowest BCUT2D eigenvalue weighted by atomic mass is 9.94. The molecule has 0 spiro atoms. The van der Waals surface area contributed by atoms with Crippen LogP contribution < -0.4 is 0 Å². The maximum atomic E-state index is 12.9. The highest BCUT2D eigenvalue weighted by atomic mass is 79.9. The second-order valence-electron chi connectivity index (χ2n) is 9.48. The maximum Gasteiger partial charge on any atom is 0.222 e. The van der Waals surface area contributed by atoms with Gasteiger partial charge in [0.25, 0.3) is 0 Å². The first-order valence-corrected chi connectivity index (χ1v) is 12.7. The molecule has 2 aromatic rings. The van der Waals surface area contributed by atoms with Gasteiger partial charge in [-0.05, 0) is 77.2 Å². The van der Waals surface area contributed by atoms with Crippen LogP contribution in [-0.2, 0) is 22.4 Å². The number of hydrogen-bond donors (Lipinski definition) is 0. The molecule has 3 aliphatic rings. The van der Waals surface area contributed by atoms with Crippen LogP contribution in [0.4, 0.5) is 0 Å². The largest absolute Gasteiger partial charge is 0.381 e. The number of carbonyl (C=O) groups is 1. The van der Waals surface area contributed by atoms with Crippen molar-refractivity contribution in [1.29, 1.82) is 0 Å². The molecule has 32 heavy (non-hydrogen) atoms. The first-order chi connectivity index (χ1) is 15.6. The molecule has 1 aromatic heterocycles. The van der Waals surface area contributed by atoms with E-state index in [1.807, 2.05) is 6.20 Å². The Bertz CT molecular complexity index is 928. The summed E-state index contributed by atoms with van der Waals surface area (Å²) in [5.74, 6) is 0.802. The van der Waals surface area contributed by atoms with Crippen molar-refractivity contribution in [1.82, 2.24) is 14.8 Å². The normalized spacial score (nSPS) is 22.2. The third kappa shape index (κ3) is 4.63. The van der Waals surface area contributed by atoms with Crippen LogP contribution in [-0.4, -0.2) is 60.1 Å². The van der Waals surface area contributed by atoms with Gasteiger partial charge >= 0.3 is 0 Å². The predicted octanol–water partition coefficient (Wildman–Crippen LogP) is 4.30. The number of rotatable bonds is 3. The van der Waals surface area contributed by atoms with Gasteiger partial charge in [0.2, 0.25) is 5.91 Å². The Morgan fingerprint density at radius 1 is 1.09 bits per heavy atom. The van der Waals surface area contributed by atoms with Gasteiger partial charge in [-0.2, -0.15) is 0 Å². The Kier molecular flexibility index (Phi) is 6.63. The lowest BCUT2D eigenvalue weighted by Crippen LogP contribution is -2.50. The van der Waals surface area contributed by atoms with Crippen molar-refractivity contribution in [3.05, 3.63) is 62.9 Å². The van der Waals surface area contributed by atoms with E-state index in [4.69, 9.17) is 9.72 Å². The molecule has 0 N–H and O–H groups in total. The number of ether oxygens (including phenoxy) is 1. The van der Waals surface area contributed by atoms with E-state index in [0.29, 0.717) is 18.2 Å². The first-order valence-electron chi connectivity index (χ1n) is 11.9. The Labute approximate surface area is 199 Å². The molecule has 1 atom stereocenters. The lowest BCUT2D eigenvalue weighted by Gasteiger charge is -2.40. The summed E-state index contributed by atoms with van der Waals surface area (Å²) in [6.45, 7) is 7.13. The maximum absolute atomic E-state index is 12.9. The highest BCUT2D eigenvalue weighted by Gasteiger charge is 2.33. The minimum Gasteiger partial charge on any atom is -0.381 e. The summed E-state index contributed by atoms with van der Waals surface area (Å²) in [6, 6.07) is 9.27. The smallest absolute Gasteiger partial charge is 0.222 e. The standard InChI is InChI=1S/C26H32BrN3O2/c1-18-2-5-23-20(14-18)3-4-21-16-22(27)17-28-25(21)26(23)30-10-8-29(9-11-30)24(31)15-19-6-12-32-13-7-19/h2,5,14,16-17,19,26H,3-4,6-13,15H2,1H3/t26-/m1/s1. The number of halogens is 1. The number of amides is 1. The van der Waals surface area contributed by atoms with Crippen molar-refractivity contribution in [3.63, 3.8) is 0 Å². The molecular formula is C26H32BrN3O2. The molecule has 0 bridgehead atoms. The van der Waals surface area contributed by atoms with E-state index < -0.39 is 0 Å².